The molecule has 1 N–H and O–H groups in total. The summed E-state index contributed by atoms with van der Waals surface area (Å²) in [5, 5.41) is 5.01. The van der Waals surface area contributed by atoms with Gasteiger partial charge < -0.3 is 10.1 Å². The molecule has 1 unspecified atom stereocenters. The second-order valence-corrected chi connectivity index (χ2v) is 6.95. The van der Waals surface area contributed by atoms with Crippen molar-refractivity contribution < 1.29 is 9.53 Å². The second kappa shape index (κ2) is 9.45. The van der Waals surface area contributed by atoms with Crippen LogP contribution in [0.3, 0.4) is 0 Å². The van der Waals surface area contributed by atoms with Gasteiger partial charge in [0.05, 0.1) is 19.2 Å². The van der Waals surface area contributed by atoms with Crippen LogP contribution in [-0.4, -0.2) is 37.0 Å². The number of nitrogens with zero attached hydrogens (tertiary/aromatic N) is 1. The molecule has 0 fully saturated rings. The van der Waals surface area contributed by atoms with Gasteiger partial charge in [-0.3, -0.25) is 9.69 Å². The van der Waals surface area contributed by atoms with Gasteiger partial charge in [0.1, 0.15) is 5.75 Å². The molecule has 1 heterocycles. The molecule has 0 aliphatic heterocycles. The molecule has 0 aliphatic carbocycles. The molecule has 0 saturated heterocycles. The third-order valence-corrected chi connectivity index (χ3v) is 4.94. The molecule has 0 radical (unpaired) electrons. The van der Waals surface area contributed by atoms with Crippen molar-refractivity contribution in [2.24, 2.45) is 0 Å². The van der Waals surface area contributed by atoms with E-state index in [1.54, 1.807) is 11.3 Å². The Hall–Kier alpha value is -1.85. The SMILES string of the molecule is Cc1ccccc1OCCCN(C)C(C)C(=O)NCc1cccs1. The highest BCUT2D eigenvalue weighted by molar-refractivity contribution is 7.09. The predicted molar refractivity (Wildman–Crippen MR) is 99.5 cm³/mol. The third kappa shape index (κ3) is 5.65. The Balaban J connectivity index is 1.66. The number of carbonyl (C=O) groups is 1. The topological polar surface area (TPSA) is 41.6 Å². The lowest BCUT2D eigenvalue weighted by Crippen LogP contribution is -2.43. The van der Waals surface area contributed by atoms with E-state index in [-0.39, 0.29) is 11.9 Å². The minimum atomic E-state index is -0.150. The molecule has 24 heavy (non-hydrogen) atoms. The standard InChI is InChI=1S/C19H26N2O2S/c1-15-8-4-5-10-18(15)23-12-7-11-21(3)16(2)19(22)20-14-17-9-6-13-24-17/h4-6,8-10,13,16H,7,11-12,14H2,1-3H3,(H,20,22). The van der Waals surface area contributed by atoms with Crippen molar-refractivity contribution in [1.82, 2.24) is 10.2 Å². The summed E-state index contributed by atoms with van der Waals surface area (Å²) >= 11 is 1.66. The van der Waals surface area contributed by atoms with E-state index in [0.717, 1.165) is 24.3 Å². The lowest BCUT2D eigenvalue weighted by Gasteiger charge is -2.23. The first kappa shape index (κ1) is 18.5. The summed E-state index contributed by atoms with van der Waals surface area (Å²) in [6.45, 7) is 6.05. The van der Waals surface area contributed by atoms with E-state index >= 15 is 0 Å². The van der Waals surface area contributed by atoms with Crippen LogP contribution in [0.5, 0.6) is 5.75 Å². The van der Waals surface area contributed by atoms with Crippen LogP contribution in [-0.2, 0) is 11.3 Å². The van der Waals surface area contributed by atoms with Crippen LogP contribution < -0.4 is 10.1 Å². The van der Waals surface area contributed by atoms with Crippen molar-refractivity contribution in [2.75, 3.05) is 20.2 Å². The normalized spacial score (nSPS) is 12.2. The summed E-state index contributed by atoms with van der Waals surface area (Å²) in [4.78, 5) is 15.4. The molecule has 1 atom stereocenters. The van der Waals surface area contributed by atoms with E-state index in [2.05, 4.69) is 10.2 Å². The van der Waals surface area contributed by atoms with Gasteiger partial charge >= 0.3 is 0 Å². The number of hydrogen-bond donors (Lipinski definition) is 1. The van der Waals surface area contributed by atoms with Crippen molar-refractivity contribution >= 4 is 17.2 Å². The van der Waals surface area contributed by atoms with Crippen molar-refractivity contribution in [2.45, 2.75) is 32.9 Å². The van der Waals surface area contributed by atoms with Crippen LogP contribution in [0.1, 0.15) is 23.8 Å². The second-order valence-electron chi connectivity index (χ2n) is 5.92. The number of aryl methyl sites for hydroxylation is 1. The Morgan fingerprint density at radius 1 is 1.29 bits per heavy atom. The molecule has 5 heteroatoms. The van der Waals surface area contributed by atoms with Gasteiger partial charge in [0, 0.05) is 11.4 Å². The molecule has 0 saturated carbocycles. The van der Waals surface area contributed by atoms with Gasteiger partial charge in [0.25, 0.3) is 0 Å². The molecule has 1 amide bonds. The Bertz CT molecular complexity index is 628. The molecule has 1 aromatic heterocycles. The molecule has 130 valence electrons. The van der Waals surface area contributed by atoms with Crippen LogP contribution >= 0.6 is 11.3 Å². The number of carbonyl (C=O) groups excluding carboxylic acids is 1. The highest BCUT2D eigenvalue weighted by Gasteiger charge is 2.17. The Labute approximate surface area is 148 Å². The fourth-order valence-electron chi connectivity index (χ4n) is 2.34. The first-order valence-corrected chi connectivity index (χ1v) is 9.14. The molecule has 0 bridgehead atoms. The number of benzene rings is 1. The van der Waals surface area contributed by atoms with E-state index in [9.17, 15) is 4.79 Å². The highest BCUT2D eigenvalue weighted by Crippen LogP contribution is 2.16. The van der Waals surface area contributed by atoms with Gasteiger partial charge in [0.2, 0.25) is 5.91 Å². The first-order valence-electron chi connectivity index (χ1n) is 8.26. The number of thiophene rings is 1. The number of rotatable bonds is 9. The average Bonchev–Trinajstić information content (AvgIpc) is 3.10. The maximum absolute atomic E-state index is 12.2. The monoisotopic (exact) mass is 346 g/mol. The van der Waals surface area contributed by atoms with Gasteiger partial charge in [-0.15, -0.1) is 11.3 Å². The van der Waals surface area contributed by atoms with Gasteiger partial charge in [-0.05, 0) is 50.4 Å². The zero-order valence-electron chi connectivity index (χ0n) is 14.6. The summed E-state index contributed by atoms with van der Waals surface area (Å²) in [5.74, 6) is 0.993. The third-order valence-electron chi connectivity index (χ3n) is 4.06. The first-order chi connectivity index (χ1) is 11.6. The Morgan fingerprint density at radius 2 is 2.08 bits per heavy atom. The summed E-state index contributed by atoms with van der Waals surface area (Å²) in [7, 11) is 1.98. The van der Waals surface area contributed by atoms with Crippen LogP contribution in [0.4, 0.5) is 0 Å². The Kier molecular flexibility index (Phi) is 7.28. The quantitative estimate of drug-likeness (QED) is 0.707. The van der Waals surface area contributed by atoms with Crippen LogP contribution in [0, 0.1) is 6.92 Å². The zero-order chi connectivity index (χ0) is 17.4. The van der Waals surface area contributed by atoms with Crippen molar-refractivity contribution in [3.63, 3.8) is 0 Å². The molecule has 2 rings (SSSR count). The van der Waals surface area contributed by atoms with E-state index in [4.69, 9.17) is 4.74 Å². The maximum Gasteiger partial charge on any atom is 0.237 e. The van der Waals surface area contributed by atoms with Gasteiger partial charge in [-0.25, -0.2) is 0 Å². The molecule has 2 aromatic rings. The summed E-state index contributed by atoms with van der Waals surface area (Å²) in [6.07, 6.45) is 0.882. The number of amides is 1. The van der Waals surface area contributed by atoms with E-state index < -0.39 is 0 Å². The summed E-state index contributed by atoms with van der Waals surface area (Å²) in [5.41, 5.74) is 1.15. The number of hydrogen-bond acceptors (Lipinski definition) is 4. The zero-order valence-corrected chi connectivity index (χ0v) is 15.4. The number of likely N-dealkylation sites (N-methyl/N-ethyl adjacent to an activating group) is 1. The number of ether oxygens (including phenoxy) is 1. The fraction of sp³-hybridized carbons (Fsp3) is 0.421. The Morgan fingerprint density at radius 3 is 2.79 bits per heavy atom. The van der Waals surface area contributed by atoms with E-state index in [1.165, 1.54) is 4.88 Å². The van der Waals surface area contributed by atoms with E-state index in [1.807, 2.05) is 62.7 Å². The number of nitrogens with one attached hydrogen (secondary N) is 1. The maximum atomic E-state index is 12.2. The van der Waals surface area contributed by atoms with Crippen molar-refractivity contribution in [3.05, 3.63) is 52.2 Å². The molecule has 4 nitrogen and oxygen atoms in total. The van der Waals surface area contributed by atoms with Crippen LogP contribution in [0.25, 0.3) is 0 Å². The average molecular weight is 346 g/mol. The van der Waals surface area contributed by atoms with Gasteiger partial charge in [-0.1, -0.05) is 24.3 Å². The van der Waals surface area contributed by atoms with Crippen LogP contribution in [0.15, 0.2) is 41.8 Å². The lowest BCUT2D eigenvalue weighted by atomic mass is 10.2. The van der Waals surface area contributed by atoms with Crippen molar-refractivity contribution in [3.8, 4) is 5.75 Å². The smallest absolute Gasteiger partial charge is 0.237 e. The predicted octanol–water partition coefficient (Wildman–Crippen LogP) is 3.46. The lowest BCUT2D eigenvalue weighted by molar-refractivity contribution is -0.125. The molecule has 1 aromatic carbocycles. The minimum absolute atomic E-state index is 0.0609. The van der Waals surface area contributed by atoms with Crippen LogP contribution in [0.2, 0.25) is 0 Å². The van der Waals surface area contributed by atoms with Crippen molar-refractivity contribution in [1.29, 1.82) is 0 Å². The highest BCUT2D eigenvalue weighted by atomic mass is 32.1. The summed E-state index contributed by atoms with van der Waals surface area (Å²) < 4.78 is 5.80. The molecule has 0 spiro atoms. The molecule has 0 aliphatic rings. The number of para-hydroxylation sites is 1. The fourth-order valence-corrected chi connectivity index (χ4v) is 2.99. The van der Waals surface area contributed by atoms with E-state index in [0.29, 0.717) is 13.2 Å². The van der Waals surface area contributed by atoms with Gasteiger partial charge in [-0.2, -0.15) is 0 Å². The summed E-state index contributed by atoms with van der Waals surface area (Å²) in [6, 6.07) is 11.9. The molecular formula is C19H26N2O2S. The minimum Gasteiger partial charge on any atom is -0.493 e. The van der Waals surface area contributed by atoms with Gasteiger partial charge in [0.15, 0.2) is 0 Å². The largest absolute Gasteiger partial charge is 0.493 e. The molecular weight excluding hydrogens is 320 g/mol.